The van der Waals surface area contributed by atoms with Gasteiger partial charge in [0.25, 0.3) is 0 Å². The van der Waals surface area contributed by atoms with Crippen molar-refractivity contribution in [3.8, 4) is 11.3 Å². The number of hydrogen-bond donors (Lipinski definition) is 3. The molecular formula is C23H20N4O3. The molecule has 0 spiro atoms. The van der Waals surface area contributed by atoms with Gasteiger partial charge in [-0.1, -0.05) is 18.2 Å². The lowest BCUT2D eigenvalue weighted by Gasteiger charge is -2.06. The quantitative estimate of drug-likeness (QED) is 0.441. The zero-order chi connectivity index (χ0) is 20.7. The van der Waals surface area contributed by atoms with E-state index in [0.29, 0.717) is 34.2 Å². The van der Waals surface area contributed by atoms with Crippen LogP contribution in [0.1, 0.15) is 30.0 Å². The summed E-state index contributed by atoms with van der Waals surface area (Å²) in [6.45, 7) is 0. The molecule has 1 amide bonds. The number of amides is 1. The molecule has 7 nitrogen and oxygen atoms in total. The summed E-state index contributed by atoms with van der Waals surface area (Å²) in [7, 11) is 0. The van der Waals surface area contributed by atoms with Crippen LogP contribution in [0.15, 0.2) is 63.8 Å². The molecule has 1 fully saturated rings. The Morgan fingerprint density at radius 3 is 2.83 bits per heavy atom. The minimum atomic E-state index is -0.191. The van der Waals surface area contributed by atoms with Crippen LogP contribution < -0.4 is 16.5 Å². The number of nitrogens with zero attached hydrogens (tertiary/aromatic N) is 1. The lowest BCUT2D eigenvalue weighted by Crippen LogP contribution is -2.15. The van der Waals surface area contributed by atoms with Crippen molar-refractivity contribution < 1.29 is 9.21 Å². The summed E-state index contributed by atoms with van der Waals surface area (Å²) in [5.74, 6) is 1.33. The second-order valence-corrected chi connectivity index (χ2v) is 7.64. The fourth-order valence-corrected chi connectivity index (χ4v) is 3.52. The molecule has 0 unspecified atom stereocenters. The molecular weight excluding hydrogens is 380 g/mol. The highest BCUT2D eigenvalue weighted by atomic mass is 16.3. The minimum absolute atomic E-state index is 0.137. The molecule has 4 aromatic rings. The number of rotatable bonds is 5. The molecule has 2 aromatic heterocycles. The van der Waals surface area contributed by atoms with Crippen molar-refractivity contribution in [1.82, 2.24) is 10.2 Å². The molecule has 0 radical (unpaired) electrons. The predicted octanol–water partition coefficient (Wildman–Crippen LogP) is 3.82. The minimum Gasteiger partial charge on any atom is -0.456 e. The number of anilines is 2. The molecule has 0 saturated heterocycles. The third-order valence-electron chi connectivity index (χ3n) is 5.21. The normalized spacial score (nSPS) is 13.5. The maximum absolute atomic E-state index is 12.7. The summed E-state index contributed by atoms with van der Waals surface area (Å²) in [4.78, 5) is 25.0. The number of nitrogen functional groups attached to an aromatic ring is 1. The summed E-state index contributed by atoms with van der Waals surface area (Å²) < 4.78 is 5.90. The maximum Gasteiger partial charge on any atom is 0.229 e. The molecule has 30 heavy (non-hydrogen) atoms. The maximum atomic E-state index is 12.7. The highest BCUT2D eigenvalue weighted by Gasteiger charge is 2.25. The molecule has 0 atom stereocenters. The zero-order valence-electron chi connectivity index (χ0n) is 16.1. The number of nitrogens with one attached hydrogen (secondary N) is 2. The van der Waals surface area contributed by atoms with Crippen LogP contribution in [0.3, 0.4) is 0 Å². The molecule has 1 saturated carbocycles. The monoisotopic (exact) mass is 400 g/mol. The van der Waals surface area contributed by atoms with E-state index < -0.39 is 0 Å². The second-order valence-electron chi connectivity index (χ2n) is 7.64. The van der Waals surface area contributed by atoms with E-state index in [0.717, 1.165) is 29.7 Å². The number of hydrogen-bond acceptors (Lipinski definition) is 5. The van der Waals surface area contributed by atoms with Crippen molar-refractivity contribution in [2.24, 2.45) is 0 Å². The van der Waals surface area contributed by atoms with Crippen molar-refractivity contribution in [1.29, 1.82) is 0 Å². The van der Waals surface area contributed by atoms with Crippen LogP contribution in [0.2, 0.25) is 0 Å². The first kappa shape index (κ1) is 18.2. The number of fused-ring (bicyclic) bond motifs is 1. The van der Waals surface area contributed by atoms with E-state index >= 15 is 0 Å². The van der Waals surface area contributed by atoms with Crippen LogP contribution in [0, 0.1) is 0 Å². The topological polar surface area (TPSA) is 114 Å². The Balaban J connectivity index is 1.36. The molecule has 2 heterocycles. The van der Waals surface area contributed by atoms with E-state index in [4.69, 9.17) is 10.2 Å². The number of benzene rings is 2. The number of carbonyl (C=O) groups is 1. The average molecular weight is 400 g/mol. The van der Waals surface area contributed by atoms with Gasteiger partial charge >= 0.3 is 0 Å². The van der Waals surface area contributed by atoms with Gasteiger partial charge in [0.2, 0.25) is 5.91 Å². The number of nitrogens with two attached hydrogens (primary N) is 1. The van der Waals surface area contributed by atoms with Gasteiger partial charge in [-0.2, -0.15) is 5.10 Å². The van der Waals surface area contributed by atoms with Crippen LogP contribution in [0.5, 0.6) is 0 Å². The van der Waals surface area contributed by atoms with Gasteiger partial charge in [0.1, 0.15) is 11.3 Å². The largest absolute Gasteiger partial charge is 0.456 e. The van der Waals surface area contributed by atoms with Gasteiger partial charge in [-0.3, -0.25) is 14.7 Å². The average Bonchev–Trinajstić information content (AvgIpc) is 3.48. The van der Waals surface area contributed by atoms with Gasteiger partial charge in [-0.15, -0.1) is 0 Å². The Morgan fingerprint density at radius 2 is 2.03 bits per heavy atom. The summed E-state index contributed by atoms with van der Waals surface area (Å²) >= 11 is 0. The van der Waals surface area contributed by atoms with Crippen molar-refractivity contribution >= 4 is 28.4 Å². The van der Waals surface area contributed by atoms with Gasteiger partial charge in [0.15, 0.2) is 11.2 Å². The third kappa shape index (κ3) is 3.69. The third-order valence-corrected chi connectivity index (χ3v) is 5.21. The Morgan fingerprint density at radius 1 is 1.17 bits per heavy atom. The number of carbonyl (C=O) groups excluding carboxylic acids is 1. The van der Waals surface area contributed by atoms with E-state index in [2.05, 4.69) is 15.5 Å². The van der Waals surface area contributed by atoms with Gasteiger partial charge in [-0.25, -0.2) is 0 Å². The van der Waals surface area contributed by atoms with Crippen LogP contribution in [-0.4, -0.2) is 16.1 Å². The predicted molar refractivity (Wildman–Crippen MR) is 115 cm³/mol. The van der Waals surface area contributed by atoms with Crippen LogP contribution in [0.4, 0.5) is 11.5 Å². The van der Waals surface area contributed by atoms with Crippen LogP contribution in [0.25, 0.3) is 22.3 Å². The summed E-state index contributed by atoms with van der Waals surface area (Å²) in [6, 6.07) is 15.7. The Hall–Kier alpha value is -3.87. The van der Waals surface area contributed by atoms with Crippen LogP contribution in [-0.2, 0) is 11.2 Å². The highest BCUT2D eigenvalue weighted by Crippen LogP contribution is 2.39. The number of aromatic nitrogens is 2. The van der Waals surface area contributed by atoms with E-state index in [1.165, 1.54) is 6.07 Å². The fourth-order valence-electron chi connectivity index (χ4n) is 3.52. The Bertz CT molecular complexity index is 1320. The van der Waals surface area contributed by atoms with Gasteiger partial charge in [0, 0.05) is 35.0 Å². The van der Waals surface area contributed by atoms with Crippen molar-refractivity contribution in [3.63, 3.8) is 0 Å². The summed E-state index contributed by atoms with van der Waals surface area (Å²) in [5, 5.41) is 10.3. The first-order chi connectivity index (χ1) is 14.5. The second kappa shape index (κ2) is 7.18. The standard InChI is InChI=1S/C23H20N4O3/c24-16-3-1-2-15(10-16)21-12-19(28)17-8-13(4-7-20(17)30-21)9-23(29)25-22-11-18(26-27-22)14-5-6-14/h1-4,7-8,10-12,14H,5-6,9,24H2,(H2,25,26,27,29). The summed E-state index contributed by atoms with van der Waals surface area (Å²) in [5.41, 5.74) is 9.23. The van der Waals surface area contributed by atoms with E-state index in [1.807, 2.05) is 18.2 Å². The van der Waals surface area contributed by atoms with Crippen molar-refractivity contribution in [3.05, 3.63) is 76.1 Å². The molecule has 1 aliphatic carbocycles. The first-order valence-electron chi connectivity index (χ1n) is 9.83. The smallest absolute Gasteiger partial charge is 0.229 e. The molecule has 150 valence electrons. The molecule has 1 aliphatic rings. The zero-order valence-corrected chi connectivity index (χ0v) is 16.1. The number of H-pyrrole nitrogens is 1. The summed E-state index contributed by atoms with van der Waals surface area (Å²) in [6.07, 6.45) is 2.46. The van der Waals surface area contributed by atoms with Gasteiger partial charge < -0.3 is 15.5 Å². The van der Waals surface area contributed by atoms with Crippen molar-refractivity contribution in [2.75, 3.05) is 11.1 Å². The van der Waals surface area contributed by atoms with E-state index in [-0.39, 0.29) is 17.8 Å². The Kier molecular flexibility index (Phi) is 4.35. The molecule has 0 bridgehead atoms. The molecule has 0 aliphatic heterocycles. The van der Waals surface area contributed by atoms with Gasteiger partial charge in [-0.05, 0) is 42.7 Å². The lowest BCUT2D eigenvalue weighted by molar-refractivity contribution is -0.115. The van der Waals surface area contributed by atoms with Gasteiger partial charge in [0.05, 0.1) is 11.8 Å². The highest BCUT2D eigenvalue weighted by molar-refractivity contribution is 5.92. The Labute approximate surface area is 171 Å². The first-order valence-corrected chi connectivity index (χ1v) is 9.83. The lowest BCUT2D eigenvalue weighted by atomic mass is 10.1. The van der Waals surface area contributed by atoms with Crippen molar-refractivity contribution in [2.45, 2.75) is 25.2 Å². The molecule has 5 rings (SSSR count). The fraction of sp³-hybridized carbons (Fsp3) is 0.174. The molecule has 2 aromatic carbocycles. The van der Waals surface area contributed by atoms with E-state index in [9.17, 15) is 9.59 Å². The molecule has 7 heteroatoms. The SMILES string of the molecule is Nc1cccc(-c2cc(=O)c3cc(CC(=O)Nc4cc(C5CC5)[nH]n4)ccc3o2)c1. The van der Waals surface area contributed by atoms with E-state index in [1.54, 1.807) is 30.3 Å². The molecule has 4 N–H and O–H groups in total. The van der Waals surface area contributed by atoms with Crippen LogP contribution >= 0.6 is 0 Å². The number of aromatic amines is 1.